The van der Waals surface area contributed by atoms with Crippen molar-refractivity contribution in [2.45, 2.75) is 6.42 Å². The molecule has 0 aliphatic rings. The number of aromatic nitrogens is 1. The maximum Gasteiger partial charge on any atom is 0.231 e. The van der Waals surface area contributed by atoms with E-state index in [1.165, 1.54) is 20.4 Å². The smallest absolute Gasteiger partial charge is 0.231 e. The lowest BCUT2D eigenvalue weighted by atomic mass is 10.1. The highest BCUT2D eigenvalue weighted by Crippen LogP contribution is 2.33. The van der Waals surface area contributed by atoms with Crippen molar-refractivity contribution in [3.05, 3.63) is 52.8 Å². The summed E-state index contributed by atoms with van der Waals surface area (Å²) in [5.41, 5.74) is 0.877. The molecule has 0 saturated carbocycles. The number of fused-ring (bicyclic) bond motifs is 1. The molecule has 0 aliphatic carbocycles. The second-order valence-electron chi connectivity index (χ2n) is 5.82. The molecule has 27 heavy (non-hydrogen) atoms. The third kappa shape index (κ3) is 3.80. The van der Waals surface area contributed by atoms with Gasteiger partial charge in [0.1, 0.15) is 5.75 Å². The van der Waals surface area contributed by atoms with Crippen LogP contribution in [0.3, 0.4) is 0 Å². The van der Waals surface area contributed by atoms with Gasteiger partial charge in [0.15, 0.2) is 17.2 Å². The largest absolute Gasteiger partial charge is 0.503 e. The zero-order valence-corrected chi connectivity index (χ0v) is 15.8. The van der Waals surface area contributed by atoms with Crippen molar-refractivity contribution in [3.8, 4) is 28.7 Å². The Kier molecular flexibility index (Phi) is 5.76. The van der Waals surface area contributed by atoms with E-state index in [1.54, 1.807) is 16.7 Å². The molecule has 3 aromatic rings. The summed E-state index contributed by atoms with van der Waals surface area (Å²) in [6.07, 6.45) is 2.16. The van der Waals surface area contributed by atoms with Crippen LogP contribution >= 0.6 is 11.6 Å². The highest BCUT2D eigenvalue weighted by molar-refractivity contribution is 6.17. The van der Waals surface area contributed by atoms with Gasteiger partial charge in [0.25, 0.3) is 0 Å². The third-order valence-corrected chi connectivity index (χ3v) is 4.42. The Labute approximate surface area is 161 Å². The highest BCUT2D eigenvalue weighted by Gasteiger charge is 2.14. The molecule has 0 unspecified atom stereocenters. The summed E-state index contributed by atoms with van der Waals surface area (Å²) in [6, 6.07) is 10.6. The second-order valence-corrected chi connectivity index (χ2v) is 6.20. The molecule has 0 saturated heterocycles. The third-order valence-electron chi connectivity index (χ3n) is 4.15. The second kappa shape index (κ2) is 8.22. The van der Waals surface area contributed by atoms with Gasteiger partial charge < -0.3 is 23.9 Å². The Balaban J connectivity index is 2.11. The summed E-state index contributed by atoms with van der Waals surface area (Å²) in [4.78, 5) is 12.4. The Hall–Kier alpha value is -2.86. The molecular formula is C20H20ClNO5. The van der Waals surface area contributed by atoms with E-state index in [4.69, 9.17) is 25.8 Å². The van der Waals surface area contributed by atoms with Crippen LogP contribution in [-0.2, 0) is 0 Å². The van der Waals surface area contributed by atoms with E-state index in [0.717, 1.165) is 17.9 Å². The fourth-order valence-electron chi connectivity index (χ4n) is 2.80. The van der Waals surface area contributed by atoms with Gasteiger partial charge in [0, 0.05) is 17.6 Å². The molecule has 1 N–H and O–H groups in total. The normalized spacial score (nSPS) is 10.8. The van der Waals surface area contributed by atoms with E-state index < -0.39 is 5.43 Å². The molecule has 0 atom stereocenters. The Bertz CT molecular complexity index is 998. The molecule has 1 aromatic heterocycles. The topological polar surface area (TPSA) is 69.9 Å². The van der Waals surface area contributed by atoms with E-state index in [9.17, 15) is 9.90 Å². The summed E-state index contributed by atoms with van der Waals surface area (Å²) >= 11 is 5.65. The van der Waals surface area contributed by atoms with Crippen LogP contribution in [0.5, 0.6) is 23.0 Å². The summed E-state index contributed by atoms with van der Waals surface area (Å²) in [5.74, 6) is 1.83. The molecule has 0 aliphatic heterocycles. The Morgan fingerprint density at radius 2 is 1.74 bits per heavy atom. The van der Waals surface area contributed by atoms with Crippen molar-refractivity contribution in [2.75, 3.05) is 26.7 Å². The van der Waals surface area contributed by atoms with Crippen molar-refractivity contribution in [1.29, 1.82) is 0 Å². The predicted molar refractivity (Wildman–Crippen MR) is 105 cm³/mol. The summed E-state index contributed by atoms with van der Waals surface area (Å²) in [7, 11) is 3.02. The van der Waals surface area contributed by atoms with Crippen molar-refractivity contribution >= 4 is 22.5 Å². The number of benzene rings is 2. The van der Waals surface area contributed by atoms with Gasteiger partial charge in [-0.05, 0) is 36.8 Å². The lowest BCUT2D eigenvalue weighted by Crippen LogP contribution is -2.09. The van der Waals surface area contributed by atoms with E-state index in [-0.39, 0.29) is 5.75 Å². The molecule has 2 aromatic carbocycles. The zero-order chi connectivity index (χ0) is 19.4. The molecule has 7 heteroatoms. The molecular weight excluding hydrogens is 370 g/mol. The number of nitrogens with zero attached hydrogens (tertiary/aromatic N) is 1. The standard InChI is InChI=1S/C20H20ClNO5/c1-25-18-10-15-16(11-19(18)26-2)22(12-17(23)20(15)24)13-4-6-14(7-5-13)27-9-3-8-21/h4-7,10-12,23H,3,8-9H2,1-2H3. The maximum absolute atomic E-state index is 12.4. The number of pyridine rings is 1. The molecule has 1 heterocycles. The number of methoxy groups -OCH3 is 2. The highest BCUT2D eigenvalue weighted by atomic mass is 35.5. The number of aromatic hydroxyl groups is 1. The van der Waals surface area contributed by atoms with Crippen LogP contribution in [0, 0.1) is 0 Å². The van der Waals surface area contributed by atoms with E-state index >= 15 is 0 Å². The zero-order valence-electron chi connectivity index (χ0n) is 15.1. The van der Waals surface area contributed by atoms with Gasteiger partial charge in [-0.3, -0.25) is 4.79 Å². The van der Waals surface area contributed by atoms with Crippen molar-refractivity contribution < 1.29 is 19.3 Å². The summed E-state index contributed by atoms with van der Waals surface area (Å²) in [6.45, 7) is 0.543. The van der Waals surface area contributed by atoms with E-state index in [0.29, 0.717) is 34.9 Å². The number of hydrogen-bond donors (Lipinski definition) is 1. The summed E-state index contributed by atoms with van der Waals surface area (Å²) in [5, 5.41) is 10.4. The molecule has 0 fully saturated rings. The van der Waals surface area contributed by atoms with Crippen LogP contribution in [-0.4, -0.2) is 36.4 Å². The van der Waals surface area contributed by atoms with Gasteiger partial charge in [0.2, 0.25) is 5.43 Å². The lowest BCUT2D eigenvalue weighted by Gasteiger charge is -2.15. The first-order chi connectivity index (χ1) is 13.1. The van der Waals surface area contributed by atoms with Crippen LogP contribution < -0.4 is 19.6 Å². The minimum atomic E-state index is -0.469. The van der Waals surface area contributed by atoms with Gasteiger partial charge in [-0.2, -0.15) is 0 Å². The fraction of sp³-hybridized carbons (Fsp3) is 0.250. The first-order valence-corrected chi connectivity index (χ1v) is 8.92. The predicted octanol–water partition coefficient (Wildman–Crippen LogP) is 3.72. The van der Waals surface area contributed by atoms with Crippen molar-refractivity contribution in [1.82, 2.24) is 4.57 Å². The number of rotatable bonds is 7. The minimum Gasteiger partial charge on any atom is -0.503 e. The molecule has 6 nitrogen and oxygen atoms in total. The molecule has 0 amide bonds. The van der Waals surface area contributed by atoms with Gasteiger partial charge in [0.05, 0.1) is 37.9 Å². The number of alkyl halides is 1. The average Bonchev–Trinajstić information content (AvgIpc) is 2.70. The van der Waals surface area contributed by atoms with Crippen molar-refractivity contribution in [2.24, 2.45) is 0 Å². The van der Waals surface area contributed by atoms with Gasteiger partial charge >= 0.3 is 0 Å². The van der Waals surface area contributed by atoms with Gasteiger partial charge in [-0.25, -0.2) is 0 Å². The van der Waals surface area contributed by atoms with E-state index in [2.05, 4.69) is 0 Å². The van der Waals surface area contributed by atoms with Crippen LogP contribution in [0.1, 0.15) is 6.42 Å². The molecule has 0 spiro atoms. The van der Waals surface area contributed by atoms with E-state index in [1.807, 2.05) is 24.3 Å². The van der Waals surface area contributed by atoms with Gasteiger partial charge in [-0.1, -0.05) is 0 Å². The first kappa shape index (κ1) is 18.9. The number of halogens is 1. The SMILES string of the molecule is COc1cc2c(=O)c(O)cn(-c3ccc(OCCCCl)cc3)c2cc1OC. The molecule has 0 bridgehead atoms. The molecule has 142 valence electrons. The van der Waals surface area contributed by atoms with Crippen molar-refractivity contribution in [3.63, 3.8) is 0 Å². The van der Waals surface area contributed by atoms with Crippen LogP contribution in [0.4, 0.5) is 0 Å². The quantitative estimate of drug-likeness (QED) is 0.492. The van der Waals surface area contributed by atoms with Crippen LogP contribution in [0.15, 0.2) is 47.4 Å². The fourth-order valence-corrected chi connectivity index (χ4v) is 2.91. The number of ether oxygens (including phenoxy) is 3. The Morgan fingerprint density at radius 3 is 2.37 bits per heavy atom. The average molecular weight is 390 g/mol. The maximum atomic E-state index is 12.4. The monoisotopic (exact) mass is 389 g/mol. The lowest BCUT2D eigenvalue weighted by molar-refractivity contribution is 0.318. The molecule has 0 radical (unpaired) electrons. The van der Waals surface area contributed by atoms with Crippen LogP contribution in [0.25, 0.3) is 16.6 Å². The Morgan fingerprint density at radius 1 is 1.07 bits per heavy atom. The first-order valence-electron chi connectivity index (χ1n) is 8.38. The van der Waals surface area contributed by atoms with Gasteiger partial charge in [-0.15, -0.1) is 11.6 Å². The minimum absolute atomic E-state index is 0.329. The number of hydrogen-bond acceptors (Lipinski definition) is 5. The molecule has 3 rings (SSSR count). The van der Waals surface area contributed by atoms with Crippen LogP contribution in [0.2, 0.25) is 0 Å². The summed E-state index contributed by atoms with van der Waals surface area (Å²) < 4.78 is 17.9.